The smallest absolute Gasteiger partial charge is 0.122 e. The number of amidine groups is 1. The van der Waals surface area contributed by atoms with E-state index in [1.807, 2.05) is 36.5 Å². The summed E-state index contributed by atoms with van der Waals surface area (Å²) in [4.78, 5) is 6.29. The molecule has 4 nitrogen and oxygen atoms in total. The molecule has 0 bridgehead atoms. The Kier molecular flexibility index (Phi) is 4.13. The SMILES string of the molecule is CN(CCc1cccnc1)c1ccc(C(=N)N)cc1. The molecule has 1 aromatic carbocycles. The van der Waals surface area contributed by atoms with Gasteiger partial charge < -0.3 is 10.6 Å². The Hall–Kier alpha value is -2.36. The number of nitrogens with two attached hydrogens (primary N) is 1. The van der Waals surface area contributed by atoms with Gasteiger partial charge in [0.2, 0.25) is 0 Å². The van der Waals surface area contributed by atoms with Gasteiger partial charge in [-0.2, -0.15) is 0 Å². The molecule has 0 aliphatic heterocycles. The van der Waals surface area contributed by atoms with Crippen molar-refractivity contribution >= 4 is 11.5 Å². The number of nitrogens with one attached hydrogen (secondary N) is 1. The Bertz CT molecular complexity index is 534. The first-order chi connectivity index (χ1) is 9.16. The molecule has 0 unspecified atom stereocenters. The fourth-order valence-electron chi connectivity index (χ4n) is 1.87. The molecular weight excluding hydrogens is 236 g/mol. The molecule has 0 radical (unpaired) electrons. The van der Waals surface area contributed by atoms with Crippen molar-refractivity contribution < 1.29 is 0 Å². The Morgan fingerprint density at radius 2 is 2.00 bits per heavy atom. The zero-order valence-electron chi connectivity index (χ0n) is 11.0. The number of nitrogens with zero attached hydrogens (tertiary/aromatic N) is 2. The van der Waals surface area contributed by atoms with Gasteiger partial charge in [-0.15, -0.1) is 0 Å². The number of benzene rings is 1. The molecule has 2 aromatic rings. The predicted octanol–water partition coefficient (Wildman–Crippen LogP) is 2.04. The average Bonchev–Trinajstić information content (AvgIpc) is 2.46. The molecule has 1 aromatic heterocycles. The maximum absolute atomic E-state index is 7.36. The summed E-state index contributed by atoms with van der Waals surface area (Å²) < 4.78 is 0. The van der Waals surface area contributed by atoms with Gasteiger partial charge in [-0.3, -0.25) is 10.4 Å². The van der Waals surface area contributed by atoms with Crippen LogP contribution in [0.5, 0.6) is 0 Å². The quantitative estimate of drug-likeness (QED) is 0.634. The molecule has 0 fully saturated rings. The fraction of sp³-hybridized carbons (Fsp3) is 0.200. The maximum Gasteiger partial charge on any atom is 0.122 e. The molecular formula is C15H18N4. The fourth-order valence-corrected chi connectivity index (χ4v) is 1.87. The molecule has 1 heterocycles. The molecule has 0 atom stereocenters. The second-order valence-corrected chi connectivity index (χ2v) is 4.49. The Morgan fingerprint density at radius 1 is 1.26 bits per heavy atom. The van der Waals surface area contributed by atoms with Gasteiger partial charge in [-0.25, -0.2) is 0 Å². The van der Waals surface area contributed by atoms with Crippen molar-refractivity contribution in [1.82, 2.24) is 4.98 Å². The Morgan fingerprint density at radius 3 is 2.58 bits per heavy atom. The van der Waals surface area contributed by atoms with Crippen molar-refractivity contribution in [2.75, 3.05) is 18.5 Å². The van der Waals surface area contributed by atoms with E-state index in [9.17, 15) is 0 Å². The number of hydrogen-bond donors (Lipinski definition) is 2. The van der Waals surface area contributed by atoms with Crippen LogP contribution in [0.15, 0.2) is 48.8 Å². The van der Waals surface area contributed by atoms with Crippen LogP contribution < -0.4 is 10.6 Å². The number of pyridine rings is 1. The number of rotatable bonds is 5. The second-order valence-electron chi connectivity index (χ2n) is 4.49. The summed E-state index contributed by atoms with van der Waals surface area (Å²) in [6.45, 7) is 0.922. The summed E-state index contributed by atoms with van der Waals surface area (Å²) in [5.74, 6) is 0.101. The number of likely N-dealkylation sites (N-methyl/N-ethyl adjacent to an activating group) is 1. The molecule has 0 aliphatic carbocycles. The summed E-state index contributed by atoms with van der Waals surface area (Å²) in [6, 6.07) is 11.8. The van der Waals surface area contributed by atoms with E-state index in [0.29, 0.717) is 0 Å². The van der Waals surface area contributed by atoms with E-state index >= 15 is 0 Å². The number of anilines is 1. The lowest BCUT2D eigenvalue weighted by Crippen LogP contribution is -2.20. The molecule has 0 aliphatic rings. The van der Waals surface area contributed by atoms with Gasteiger partial charge in [-0.05, 0) is 42.3 Å². The van der Waals surface area contributed by atoms with Gasteiger partial charge in [0.1, 0.15) is 5.84 Å². The first-order valence-electron chi connectivity index (χ1n) is 6.21. The van der Waals surface area contributed by atoms with Crippen LogP contribution in [0.1, 0.15) is 11.1 Å². The van der Waals surface area contributed by atoms with Crippen LogP contribution in [0.2, 0.25) is 0 Å². The second kappa shape index (κ2) is 6.00. The lowest BCUT2D eigenvalue weighted by molar-refractivity contribution is 0.872. The number of hydrogen-bond acceptors (Lipinski definition) is 3. The van der Waals surface area contributed by atoms with Crippen LogP contribution in [-0.4, -0.2) is 24.4 Å². The minimum absolute atomic E-state index is 0.101. The molecule has 0 spiro atoms. The summed E-state index contributed by atoms with van der Waals surface area (Å²) in [7, 11) is 2.05. The summed E-state index contributed by atoms with van der Waals surface area (Å²) in [5, 5.41) is 7.36. The summed E-state index contributed by atoms with van der Waals surface area (Å²) >= 11 is 0. The highest BCUT2D eigenvalue weighted by molar-refractivity contribution is 5.95. The monoisotopic (exact) mass is 254 g/mol. The van der Waals surface area contributed by atoms with Crippen molar-refractivity contribution in [3.8, 4) is 0 Å². The molecule has 19 heavy (non-hydrogen) atoms. The Labute approximate surface area is 113 Å². The highest BCUT2D eigenvalue weighted by Gasteiger charge is 2.02. The zero-order valence-corrected chi connectivity index (χ0v) is 11.0. The average molecular weight is 254 g/mol. The van der Waals surface area contributed by atoms with Crippen LogP contribution in [0.25, 0.3) is 0 Å². The van der Waals surface area contributed by atoms with Crippen LogP contribution in [0.3, 0.4) is 0 Å². The van der Waals surface area contributed by atoms with Crippen LogP contribution >= 0.6 is 0 Å². The predicted molar refractivity (Wildman–Crippen MR) is 78.7 cm³/mol. The molecule has 3 N–H and O–H groups in total. The van der Waals surface area contributed by atoms with Gasteiger partial charge in [0, 0.05) is 37.2 Å². The normalized spacial score (nSPS) is 10.2. The maximum atomic E-state index is 7.36. The molecule has 0 saturated heterocycles. The molecule has 98 valence electrons. The Balaban J connectivity index is 1.96. The van der Waals surface area contributed by atoms with Crippen molar-refractivity contribution in [2.24, 2.45) is 5.73 Å². The van der Waals surface area contributed by atoms with Gasteiger partial charge in [0.05, 0.1) is 0 Å². The third kappa shape index (κ3) is 3.55. The van der Waals surface area contributed by atoms with Gasteiger partial charge in [-0.1, -0.05) is 6.07 Å². The first-order valence-corrected chi connectivity index (χ1v) is 6.21. The summed E-state index contributed by atoms with van der Waals surface area (Å²) in [5.41, 5.74) is 8.54. The molecule has 4 heteroatoms. The van der Waals surface area contributed by atoms with Gasteiger partial charge in [0.25, 0.3) is 0 Å². The third-order valence-electron chi connectivity index (χ3n) is 3.08. The van der Waals surface area contributed by atoms with Gasteiger partial charge in [0.15, 0.2) is 0 Å². The highest BCUT2D eigenvalue weighted by atomic mass is 15.1. The molecule has 2 rings (SSSR count). The van der Waals surface area contributed by atoms with Crippen LogP contribution in [0.4, 0.5) is 5.69 Å². The van der Waals surface area contributed by atoms with Crippen molar-refractivity contribution in [3.63, 3.8) is 0 Å². The lowest BCUT2D eigenvalue weighted by Gasteiger charge is -2.19. The third-order valence-corrected chi connectivity index (χ3v) is 3.08. The standard InChI is InChI=1S/C15H18N4/c1-19(10-8-12-3-2-9-18-11-12)14-6-4-13(5-7-14)15(16)17/h2-7,9,11H,8,10H2,1H3,(H3,16,17). The van der Waals surface area contributed by atoms with E-state index in [1.165, 1.54) is 5.56 Å². The minimum Gasteiger partial charge on any atom is -0.384 e. The molecule has 0 saturated carbocycles. The largest absolute Gasteiger partial charge is 0.384 e. The van der Waals surface area contributed by atoms with E-state index in [0.717, 1.165) is 24.2 Å². The van der Waals surface area contributed by atoms with E-state index in [1.54, 1.807) is 6.20 Å². The van der Waals surface area contributed by atoms with E-state index in [-0.39, 0.29) is 5.84 Å². The highest BCUT2D eigenvalue weighted by Crippen LogP contribution is 2.14. The summed E-state index contributed by atoms with van der Waals surface area (Å²) in [6.07, 6.45) is 4.64. The zero-order chi connectivity index (χ0) is 13.7. The number of nitrogen functional groups attached to an aromatic ring is 1. The van der Waals surface area contributed by atoms with E-state index in [2.05, 4.69) is 23.0 Å². The van der Waals surface area contributed by atoms with Crippen molar-refractivity contribution in [1.29, 1.82) is 5.41 Å². The van der Waals surface area contributed by atoms with Crippen LogP contribution in [-0.2, 0) is 6.42 Å². The lowest BCUT2D eigenvalue weighted by atomic mass is 10.1. The first kappa shape index (κ1) is 13.1. The van der Waals surface area contributed by atoms with E-state index in [4.69, 9.17) is 11.1 Å². The van der Waals surface area contributed by atoms with Crippen molar-refractivity contribution in [3.05, 3.63) is 59.9 Å². The van der Waals surface area contributed by atoms with Crippen molar-refractivity contribution in [2.45, 2.75) is 6.42 Å². The van der Waals surface area contributed by atoms with Gasteiger partial charge >= 0.3 is 0 Å². The minimum atomic E-state index is 0.101. The van der Waals surface area contributed by atoms with E-state index < -0.39 is 0 Å². The topological polar surface area (TPSA) is 66.0 Å². The van der Waals surface area contributed by atoms with Crippen LogP contribution in [0, 0.1) is 5.41 Å². The molecule has 0 amide bonds. The number of aromatic nitrogens is 1.